The average Bonchev–Trinajstić information content (AvgIpc) is 3.69. The molecular weight excluding hydrogens is 581 g/mol. The molecule has 48 heavy (non-hydrogen) atoms. The maximum Gasteiger partial charge on any atom is 0.0576 e. The molecule has 2 heteroatoms. The van der Waals surface area contributed by atoms with E-state index in [-0.39, 0.29) is 0 Å². The fraction of sp³-hybridized carbons (Fsp3) is 0.0435. The van der Waals surface area contributed by atoms with E-state index in [0.717, 1.165) is 12.8 Å². The molecule has 1 aliphatic rings. The molecule has 9 aromatic rings. The summed E-state index contributed by atoms with van der Waals surface area (Å²) in [5.41, 5.74) is 11.3. The lowest BCUT2D eigenvalue weighted by atomic mass is 9.92. The maximum atomic E-state index is 2.52. The summed E-state index contributed by atoms with van der Waals surface area (Å²) in [4.78, 5) is 0. The minimum atomic E-state index is 0.985. The summed E-state index contributed by atoms with van der Waals surface area (Å²) in [6.07, 6.45) is 4.47. The van der Waals surface area contributed by atoms with Crippen LogP contribution in [0.3, 0.4) is 0 Å². The zero-order valence-electron chi connectivity index (χ0n) is 26.5. The van der Waals surface area contributed by atoms with E-state index in [4.69, 9.17) is 0 Å². The summed E-state index contributed by atoms with van der Waals surface area (Å²) in [6.45, 7) is 0. The highest BCUT2D eigenvalue weighted by atomic mass is 15.0. The molecule has 7 aromatic carbocycles. The Kier molecular flexibility index (Phi) is 6.04. The van der Waals surface area contributed by atoms with Gasteiger partial charge in [0.1, 0.15) is 0 Å². The smallest absolute Gasteiger partial charge is 0.0576 e. The van der Waals surface area contributed by atoms with Gasteiger partial charge in [-0.1, -0.05) is 127 Å². The van der Waals surface area contributed by atoms with Crippen molar-refractivity contribution in [2.45, 2.75) is 12.8 Å². The third-order valence-electron chi connectivity index (χ3n) is 10.2. The predicted octanol–water partition coefficient (Wildman–Crippen LogP) is 10.3. The van der Waals surface area contributed by atoms with Crippen molar-refractivity contribution in [1.82, 2.24) is 9.13 Å². The maximum absolute atomic E-state index is 2.52. The summed E-state index contributed by atoms with van der Waals surface area (Å²) in [5, 5.41) is 9.20. The molecule has 0 atom stereocenters. The van der Waals surface area contributed by atoms with Gasteiger partial charge in [0.15, 0.2) is 0 Å². The lowest BCUT2D eigenvalue weighted by molar-refractivity contribution is 1.00. The molecule has 2 nitrogen and oxygen atoms in total. The van der Waals surface area contributed by atoms with Crippen molar-refractivity contribution in [3.63, 3.8) is 0 Å². The number of hydrogen-bond donors (Lipinski definition) is 0. The summed E-state index contributed by atoms with van der Waals surface area (Å²) in [5.74, 6) is 0. The van der Waals surface area contributed by atoms with Crippen molar-refractivity contribution in [1.29, 1.82) is 0 Å². The molecule has 2 aromatic heterocycles. The van der Waals surface area contributed by atoms with Gasteiger partial charge in [0.2, 0.25) is 0 Å². The van der Waals surface area contributed by atoms with Crippen LogP contribution in [0, 0.1) is 0 Å². The third-order valence-corrected chi connectivity index (χ3v) is 10.2. The van der Waals surface area contributed by atoms with E-state index in [1.165, 1.54) is 87.7 Å². The first-order valence-electron chi connectivity index (χ1n) is 16.8. The summed E-state index contributed by atoms with van der Waals surface area (Å²) in [6, 6.07) is 59.8. The Bertz CT molecular complexity index is 2800. The monoisotopic (exact) mass is 612 g/mol. The van der Waals surface area contributed by atoms with Crippen molar-refractivity contribution in [3.8, 4) is 22.5 Å². The van der Waals surface area contributed by atoms with Crippen LogP contribution >= 0.6 is 0 Å². The number of hydrogen-bond acceptors (Lipinski definition) is 0. The second-order valence-corrected chi connectivity index (χ2v) is 12.8. The Balaban J connectivity index is 1.30. The van der Waals surface area contributed by atoms with Gasteiger partial charge in [-0.05, 0) is 88.3 Å². The van der Waals surface area contributed by atoms with Crippen LogP contribution in [-0.4, -0.2) is 9.13 Å². The number of aromatic nitrogens is 2. The number of benzene rings is 7. The molecule has 0 bridgehead atoms. The van der Waals surface area contributed by atoms with E-state index in [1.54, 1.807) is 0 Å². The Hall–Kier alpha value is -6.12. The Morgan fingerprint density at radius 3 is 1.90 bits per heavy atom. The fourth-order valence-corrected chi connectivity index (χ4v) is 8.15. The summed E-state index contributed by atoms with van der Waals surface area (Å²) < 4.78 is 4.96. The van der Waals surface area contributed by atoms with Gasteiger partial charge in [-0.25, -0.2) is 0 Å². The van der Waals surface area contributed by atoms with E-state index in [0.29, 0.717) is 0 Å². The van der Waals surface area contributed by atoms with Crippen LogP contribution in [0.2, 0.25) is 0 Å². The van der Waals surface area contributed by atoms with Crippen molar-refractivity contribution in [2.24, 2.45) is 0 Å². The second-order valence-electron chi connectivity index (χ2n) is 12.8. The zero-order chi connectivity index (χ0) is 31.6. The van der Waals surface area contributed by atoms with Gasteiger partial charge in [-0.15, -0.1) is 0 Å². The predicted molar refractivity (Wildman–Crippen MR) is 202 cm³/mol. The highest BCUT2D eigenvalue weighted by Crippen LogP contribution is 2.38. The molecule has 1 aliphatic carbocycles. The molecule has 0 amide bonds. The minimum Gasteiger partial charge on any atom is -0.309 e. The van der Waals surface area contributed by atoms with E-state index in [1.807, 2.05) is 0 Å². The first-order chi connectivity index (χ1) is 23.8. The molecule has 0 spiro atoms. The van der Waals surface area contributed by atoms with Gasteiger partial charge < -0.3 is 9.13 Å². The molecule has 10 rings (SSSR count). The normalized spacial score (nSPS) is 13.0. The highest BCUT2D eigenvalue weighted by Gasteiger charge is 2.22. The number of rotatable bonds is 4. The van der Waals surface area contributed by atoms with Gasteiger partial charge in [0.05, 0.1) is 21.9 Å². The van der Waals surface area contributed by atoms with Crippen molar-refractivity contribution in [3.05, 3.63) is 180 Å². The molecule has 226 valence electrons. The Morgan fingerprint density at radius 2 is 1.06 bits per heavy atom. The summed E-state index contributed by atoms with van der Waals surface area (Å²) >= 11 is 0. The number of para-hydroxylation sites is 2. The first-order valence-corrected chi connectivity index (χ1v) is 16.8. The van der Waals surface area contributed by atoms with Gasteiger partial charge >= 0.3 is 0 Å². The van der Waals surface area contributed by atoms with Crippen LogP contribution in [-0.2, 0) is 0 Å². The molecule has 0 N–H and O–H groups in total. The quantitative estimate of drug-likeness (QED) is 0.187. The largest absolute Gasteiger partial charge is 0.309 e. The third kappa shape index (κ3) is 3.99. The van der Waals surface area contributed by atoms with E-state index in [2.05, 4.69) is 179 Å². The number of fused-ring (bicyclic) bond motifs is 8. The lowest BCUT2D eigenvalue weighted by Gasteiger charge is -2.15. The Labute approximate surface area is 278 Å². The van der Waals surface area contributed by atoms with Crippen LogP contribution in [0.25, 0.3) is 77.6 Å². The van der Waals surface area contributed by atoms with Crippen LogP contribution in [0.15, 0.2) is 164 Å². The first kappa shape index (κ1) is 27.0. The molecule has 0 fully saturated rings. The molecule has 0 saturated heterocycles. The van der Waals surface area contributed by atoms with Gasteiger partial charge in [0, 0.05) is 32.8 Å². The van der Waals surface area contributed by atoms with E-state index in [9.17, 15) is 0 Å². The van der Waals surface area contributed by atoms with E-state index >= 15 is 0 Å². The van der Waals surface area contributed by atoms with Crippen LogP contribution in [0.5, 0.6) is 0 Å². The lowest BCUT2D eigenvalue weighted by Crippen LogP contribution is -2.33. The fourth-order valence-electron chi connectivity index (χ4n) is 8.15. The summed E-state index contributed by atoms with van der Waals surface area (Å²) in [7, 11) is 0. The van der Waals surface area contributed by atoms with Crippen molar-refractivity contribution in [2.75, 3.05) is 0 Å². The SMILES string of the molecule is C1=c2c(n(-c3ccccc3)c3ccc4ccccc4c23)=C(c2cccc3c2c2ccccc2n3-c2ccc(-c3ccccc3)cc2)CC1. The zero-order valence-corrected chi connectivity index (χ0v) is 26.5. The van der Waals surface area contributed by atoms with Crippen LogP contribution in [0.1, 0.15) is 18.4 Å². The minimum absolute atomic E-state index is 0.985. The molecule has 2 heterocycles. The van der Waals surface area contributed by atoms with E-state index < -0.39 is 0 Å². The van der Waals surface area contributed by atoms with Crippen molar-refractivity contribution < 1.29 is 0 Å². The van der Waals surface area contributed by atoms with Crippen LogP contribution < -0.4 is 10.6 Å². The second kappa shape index (κ2) is 10.7. The molecule has 0 unspecified atom stereocenters. The Morgan fingerprint density at radius 1 is 0.417 bits per heavy atom. The molecule has 0 radical (unpaired) electrons. The highest BCUT2D eigenvalue weighted by molar-refractivity contribution is 6.14. The van der Waals surface area contributed by atoms with Crippen LogP contribution in [0.4, 0.5) is 0 Å². The average molecular weight is 613 g/mol. The molecular formula is C46H32N2. The standard InChI is InChI=1S/C46H32N2/c1-3-13-31(14-4-1)32-25-28-35(29-26-32)47-41-23-10-9-19-39(41)45-37(20-12-24-42(45)47)38-21-11-22-40-44-36-18-8-7-15-33(36)27-30-43(44)48(46(38)40)34-16-5-2-6-17-34/h1-10,12-20,22-30H,11,21H2. The molecule has 0 aliphatic heterocycles. The van der Waals surface area contributed by atoms with Gasteiger partial charge in [0.25, 0.3) is 0 Å². The van der Waals surface area contributed by atoms with Crippen molar-refractivity contribution >= 4 is 55.1 Å². The van der Waals surface area contributed by atoms with Gasteiger partial charge in [-0.2, -0.15) is 0 Å². The molecule has 0 saturated carbocycles. The van der Waals surface area contributed by atoms with Gasteiger partial charge in [-0.3, -0.25) is 0 Å². The number of nitrogens with zero attached hydrogens (tertiary/aromatic N) is 2. The topological polar surface area (TPSA) is 9.86 Å².